The van der Waals surface area contributed by atoms with Crippen LogP contribution in [-0.2, 0) is 0 Å². The van der Waals surface area contributed by atoms with Gasteiger partial charge >= 0.3 is 0 Å². The average Bonchev–Trinajstić information content (AvgIpc) is 2.27. The lowest BCUT2D eigenvalue weighted by atomic mass is 10.0. The van der Waals surface area contributed by atoms with Crippen molar-refractivity contribution in [2.75, 3.05) is 20.7 Å². The lowest BCUT2D eigenvalue weighted by Gasteiger charge is -2.27. The molecule has 1 aromatic rings. The van der Waals surface area contributed by atoms with Gasteiger partial charge in [0.05, 0.1) is 7.11 Å². The molecule has 1 aromatic carbocycles. The van der Waals surface area contributed by atoms with Crippen molar-refractivity contribution in [2.45, 2.75) is 26.8 Å². The molecule has 3 nitrogen and oxygen atoms in total. The molecule has 0 fully saturated rings. The zero-order valence-corrected chi connectivity index (χ0v) is 11.4. The highest BCUT2D eigenvalue weighted by Gasteiger charge is 2.16. The molecule has 17 heavy (non-hydrogen) atoms. The summed E-state index contributed by atoms with van der Waals surface area (Å²) >= 11 is 0. The van der Waals surface area contributed by atoms with E-state index in [2.05, 4.69) is 32.7 Å². The molecule has 3 heteroatoms. The number of phenolic OH excluding ortho intramolecular Hbond substituents is 1. The zero-order valence-electron chi connectivity index (χ0n) is 11.4. The standard InChI is InChI=1S/C14H23NO2/c1-10(2)9-15(4)11(3)13-7-6-12(17-5)8-14(13)16/h6-8,10-11,16H,9H2,1-5H3. The maximum Gasteiger partial charge on any atom is 0.124 e. The highest BCUT2D eigenvalue weighted by atomic mass is 16.5. The molecule has 0 aromatic heterocycles. The van der Waals surface area contributed by atoms with E-state index in [9.17, 15) is 5.11 Å². The molecule has 0 saturated carbocycles. The minimum Gasteiger partial charge on any atom is -0.507 e. The van der Waals surface area contributed by atoms with E-state index in [0.29, 0.717) is 17.4 Å². The van der Waals surface area contributed by atoms with Crippen LogP contribution in [0.4, 0.5) is 0 Å². The van der Waals surface area contributed by atoms with Gasteiger partial charge in [-0.05, 0) is 26.0 Å². The number of methoxy groups -OCH3 is 1. The van der Waals surface area contributed by atoms with Gasteiger partial charge in [-0.25, -0.2) is 0 Å². The van der Waals surface area contributed by atoms with Crippen LogP contribution < -0.4 is 4.74 Å². The number of rotatable bonds is 5. The Morgan fingerprint density at radius 3 is 2.41 bits per heavy atom. The van der Waals surface area contributed by atoms with Crippen LogP contribution in [0, 0.1) is 5.92 Å². The highest BCUT2D eigenvalue weighted by molar-refractivity contribution is 5.41. The van der Waals surface area contributed by atoms with Crippen molar-refractivity contribution in [3.63, 3.8) is 0 Å². The summed E-state index contributed by atoms with van der Waals surface area (Å²) in [5.74, 6) is 1.60. The van der Waals surface area contributed by atoms with Crippen LogP contribution in [0.3, 0.4) is 0 Å². The second-order valence-corrected chi connectivity index (χ2v) is 4.93. The average molecular weight is 237 g/mol. The largest absolute Gasteiger partial charge is 0.507 e. The second kappa shape index (κ2) is 5.92. The molecule has 1 unspecified atom stereocenters. The first kappa shape index (κ1) is 13.8. The van der Waals surface area contributed by atoms with Crippen molar-refractivity contribution < 1.29 is 9.84 Å². The molecule has 0 bridgehead atoms. The summed E-state index contributed by atoms with van der Waals surface area (Å²) in [6, 6.07) is 5.67. The highest BCUT2D eigenvalue weighted by Crippen LogP contribution is 2.31. The molecule has 0 saturated heterocycles. The molecule has 1 rings (SSSR count). The Morgan fingerprint density at radius 2 is 1.94 bits per heavy atom. The van der Waals surface area contributed by atoms with Crippen molar-refractivity contribution in [2.24, 2.45) is 5.92 Å². The molecule has 96 valence electrons. The first-order valence-corrected chi connectivity index (χ1v) is 6.02. The van der Waals surface area contributed by atoms with E-state index < -0.39 is 0 Å². The van der Waals surface area contributed by atoms with Crippen molar-refractivity contribution in [1.29, 1.82) is 0 Å². The van der Waals surface area contributed by atoms with Gasteiger partial charge in [0.1, 0.15) is 11.5 Å². The van der Waals surface area contributed by atoms with Crippen LogP contribution in [0.2, 0.25) is 0 Å². The Morgan fingerprint density at radius 1 is 1.29 bits per heavy atom. The van der Waals surface area contributed by atoms with E-state index >= 15 is 0 Å². The fourth-order valence-electron chi connectivity index (χ4n) is 1.98. The van der Waals surface area contributed by atoms with Crippen LogP contribution in [0.15, 0.2) is 18.2 Å². The summed E-state index contributed by atoms with van der Waals surface area (Å²) in [6.07, 6.45) is 0. The lowest BCUT2D eigenvalue weighted by Crippen LogP contribution is -2.26. The van der Waals surface area contributed by atoms with E-state index in [1.807, 2.05) is 12.1 Å². The minimum atomic E-state index is 0.198. The number of benzene rings is 1. The van der Waals surface area contributed by atoms with E-state index in [1.54, 1.807) is 13.2 Å². The number of aromatic hydroxyl groups is 1. The molecule has 1 N–H and O–H groups in total. The Labute approximate surface area is 104 Å². The second-order valence-electron chi connectivity index (χ2n) is 4.93. The van der Waals surface area contributed by atoms with Crippen LogP contribution in [0.25, 0.3) is 0 Å². The van der Waals surface area contributed by atoms with Crippen molar-refractivity contribution in [3.8, 4) is 11.5 Å². The molecule has 1 atom stereocenters. The molecule has 0 aliphatic rings. The quantitative estimate of drug-likeness (QED) is 0.854. The molecule has 0 heterocycles. The van der Waals surface area contributed by atoms with Crippen LogP contribution in [-0.4, -0.2) is 30.7 Å². The van der Waals surface area contributed by atoms with Crippen molar-refractivity contribution >= 4 is 0 Å². The van der Waals surface area contributed by atoms with Gasteiger partial charge in [0.25, 0.3) is 0 Å². The molecule has 0 amide bonds. The molecular formula is C14H23NO2. The van der Waals surface area contributed by atoms with Gasteiger partial charge in [0.2, 0.25) is 0 Å². The number of hydrogen-bond donors (Lipinski definition) is 1. The molecule has 0 spiro atoms. The Kier molecular flexibility index (Phi) is 4.82. The van der Waals surface area contributed by atoms with E-state index in [4.69, 9.17) is 4.74 Å². The molecule has 0 aliphatic heterocycles. The summed E-state index contributed by atoms with van der Waals surface area (Å²) < 4.78 is 5.08. The molecular weight excluding hydrogens is 214 g/mol. The van der Waals surface area contributed by atoms with Crippen molar-refractivity contribution in [3.05, 3.63) is 23.8 Å². The summed E-state index contributed by atoms with van der Waals surface area (Å²) in [7, 11) is 3.68. The van der Waals surface area contributed by atoms with E-state index in [1.165, 1.54) is 0 Å². The van der Waals surface area contributed by atoms with Crippen LogP contribution in [0.5, 0.6) is 11.5 Å². The topological polar surface area (TPSA) is 32.7 Å². The van der Waals surface area contributed by atoms with Gasteiger partial charge in [0.15, 0.2) is 0 Å². The zero-order chi connectivity index (χ0) is 13.0. The Hall–Kier alpha value is -1.22. The van der Waals surface area contributed by atoms with Crippen molar-refractivity contribution in [1.82, 2.24) is 4.90 Å². The maximum absolute atomic E-state index is 9.97. The van der Waals surface area contributed by atoms with Gasteiger partial charge in [-0.3, -0.25) is 4.90 Å². The number of ether oxygens (including phenoxy) is 1. The predicted octanol–water partition coefficient (Wildman–Crippen LogP) is 3.05. The predicted molar refractivity (Wildman–Crippen MR) is 70.5 cm³/mol. The third-order valence-electron chi connectivity index (χ3n) is 3.00. The summed E-state index contributed by atoms with van der Waals surface area (Å²) in [5.41, 5.74) is 0.939. The van der Waals surface area contributed by atoms with E-state index in [0.717, 1.165) is 12.1 Å². The SMILES string of the molecule is COc1ccc(C(C)N(C)CC(C)C)c(O)c1. The fraction of sp³-hybridized carbons (Fsp3) is 0.571. The first-order chi connectivity index (χ1) is 7.95. The normalized spacial score (nSPS) is 13.1. The molecule has 0 radical (unpaired) electrons. The summed E-state index contributed by atoms with van der Waals surface area (Å²) in [6.45, 7) is 7.49. The monoisotopic (exact) mass is 237 g/mol. The van der Waals surface area contributed by atoms with Gasteiger partial charge < -0.3 is 9.84 Å². The number of phenols is 1. The van der Waals surface area contributed by atoms with Crippen LogP contribution >= 0.6 is 0 Å². The molecule has 0 aliphatic carbocycles. The summed E-state index contributed by atoms with van der Waals surface area (Å²) in [5, 5.41) is 9.97. The van der Waals surface area contributed by atoms with Gasteiger partial charge in [-0.15, -0.1) is 0 Å². The van der Waals surface area contributed by atoms with Crippen LogP contribution in [0.1, 0.15) is 32.4 Å². The third-order valence-corrected chi connectivity index (χ3v) is 3.00. The third kappa shape index (κ3) is 3.63. The summed E-state index contributed by atoms with van der Waals surface area (Å²) in [4.78, 5) is 2.24. The Balaban J connectivity index is 2.84. The maximum atomic E-state index is 9.97. The van der Waals surface area contributed by atoms with Gasteiger partial charge in [0, 0.05) is 24.2 Å². The number of hydrogen-bond acceptors (Lipinski definition) is 3. The number of nitrogens with zero attached hydrogens (tertiary/aromatic N) is 1. The first-order valence-electron chi connectivity index (χ1n) is 6.02. The minimum absolute atomic E-state index is 0.198. The fourth-order valence-corrected chi connectivity index (χ4v) is 1.98. The Bertz CT molecular complexity index is 363. The van der Waals surface area contributed by atoms with E-state index in [-0.39, 0.29) is 6.04 Å². The van der Waals surface area contributed by atoms with Gasteiger partial charge in [-0.2, -0.15) is 0 Å². The smallest absolute Gasteiger partial charge is 0.124 e. The van der Waals surface area contributed by atoms with Gasteiger partial charge in [-0.1, -0.05) is 19.9 Å². The lowest BCUT2D eigenvalue weighted by molar-refractivity contribution is 0.229.